The van der Waals surface area contributed by atoms with Crippen LogP contribution in [0.1, 0.15) is 20.8 Å². The molecule has 0 bridgehead atoms. The number of carbonyl (C=O) groups is 2. The van der Waals surface area contributed by atoms with Crippen LogP contribution in [0.2, 0.25) is 0 Å². The molecule has 0 rings (SSSR count). The summed E-state index contributed by atoms with van der Waals surface area (Å²) < 4.78 is 0. The quantitative estimate of drug-likeness (QED) is 0.307. The number of nitrogens with zero attached hydrogens (tertiary/aromatic N) is 1. The van der Waals surface area contributed by atoms with Gasteiger partial charge in [-0.25, -0.2) is 5.84 Å². The average molecular weight is 216 g/mol. The molecule has 2 amide bonds. The summed E-state index contributed by atoms with van der Waals surface area (Å²) in [6, 6.07) is -0.322. The van der Waals surface area contributed by atoms with E-state index in [1.165, 1.54) is 0 Å². The van der Waals surface area contributed by atoms with Crippen molar-refractivity contribution in [3.63, 3.8) is 0 Å². The van der Waals surface area contributed by atoms with Gasteiger partial charge in [0.05, 0.1) is 12.6 Å². The first kappa shape index (κ1) is 13.9. The van der Waals surface area contributed by atoms with E-state index < -0.39 is 6.04 Å². The second-order valence-electron chi connectivity index (χ2n) is 3.82. The van der Waals surface area contributed by atoms with Gasteiger partial charge in [-0.05, 0) is 27.8 Å². The number of nitrogens with one attached hydrogen (secondary N) is 2. The van der Waals surface area contributed by atoms with Crippen molar-refractivity contribution in [2.45, 2.75) is 32.9 Å². The Morgan fingerprint density at radius 2 is 1.87 bits per heavy atom. The molecular weight excluding hydrogens is 196 g/mol. The predicted octanol–water partition coefficient (Wildman–Crippen LogP) is -1.18. The van der Waals surface area contributed by atoms with E-state index in [1.54, 1.807) is 18.9 Å². The molecule has 0 heterocycles. The maximum atomic E-state index is 11.4. The molecule has 15 heavy (non-hydrogen) atoms. The van der Waals surface area contributed by atoms with E-state index in [4.69, 9.17) is 5.84 Å². The van der Waals surface area contributed by atoms with Crippen LogP contribution < -0.4 is 16.6 Å². The second-order valence-corrected chi connectivity index (χ2v) is 3.82. The number of hydrogen-bond acceptors (Lipinski definition) is 4. The third kappa shape index (κ3) is 5.34. The first-order chi connectivity index (χ1) is 6.88. The molecule has 4 N–H and O–H groups in total. The smallest absolute Gasteiger partial charge is 0.250 e. The molecule has 88 valence electrons. The molecule has 1 unspecified atom stereocenters. The molecule has 6 nitrogen and oxygen atoms in total. The monoisotopic (exact) mass is 216 g/mol. The van der Waals surface area contributed by atoms with E-state index in [0.717, 1.165) is 0 Å². The van der Waals surface area contributed by atoms with Gasteiger partial charge in [-0.2, -0.15) is 0 Å². The van der Waals surface area contributed by atoms with Crippen LogP contribution in [0, 0.1) is 0 Å². The summed E-state index contributed by atoms with van der Waals surface area (Å²) in [7, 11) is 1.69. The number of amides is 2. The minimum Gasteiger partial charge on any atom is -0.353 e. The van der Waals surface area contributed by atoms with Gasteiger partial charge in [-0.3, -0.25) is 19.9 Å². The van der Waals surface area contributed by atoms with Gasteiger partial charge in [-0.1, -0.05) is 0 Å². The van der Waals surface area contributed by atoms with Gasteiger partial charge < -0.3 is 5.32 Å². The van der Waals surface area contributed by atoms with Crippen molar-refractivity contribution < 1.29 is 9.59 Å². The molecule has 0 radical (unpaired) electrons. The van der Waals surface area contributed by atoms with E-state index in [1.807, 2.05) is 19.3 Å². The highest BCUT2D eigenvalue weighted by atomic mass is 16.2. The molecule has 6 heteroatoms. The fraction of sp³-hybridized carbons (Fsp3) is 0.778. The largest absolute Gasteiger partial charge is 0.353 e. The van der Waals surface area contributed by atoms with Gasteiger partial charge in [0, 0.05) is 6.04 Å². The lowest BCUT2D eigenvalue weighted by molar-refractivity contribution is -0.127. The molecule has 0 aliphatic carbocycles. The topological polar surface area (TPSA) is 87.5 Å². The second kappa shape index (κ2) is 6.36. The van der Waals surface area contributed by atoms with E-state index in [2.05, 4.69) is 5.32 Å². The highest BCUT2D eigenvalue weighted by molar-refractivity contribution is 5.82. The zero-order chi connectivity index (χ0) is 12.0. The van der Waals surface area contributed by atoms with Crippen LogP contribution in [-0.2, 0) is 9.59 Å². The summed E-state index contributed by atoms with van der Waals surface area (Å²) >= 11 is 0. The summed E-state index contributed by atoms with van der Waals surface area (Å²) in [5, 5.41) is 2.74. The SMILES string of the molecule is CC(C)NC(=O)CN(C)C(C)C(=O)NN. The Hall–Kier alpha value is -1.14. The lowest BCUT2D eigenvalue weighted by Crippen LogP contribution is -2.49. The lowest BCUT2D eigenvalue weighted by atomic mass is 10.3. The van der Waals surface area contributed by atoms with Crippen molar-refractivity contribution in [1.82, 2.24) is 15.6 Å². The van der Waals surface area contributed by atoms with Crippen molar-refractivity contribution >= 4 is 11.8 Å². The molecule has 0 aromatic carbocycles. The minimum atomic E-state index is -0.423. The Morgan fingerprint density at radius 3 is 2.27 bits per heavy atom. The summed E-state index contributed by atoms with van der Waals surface area (Å²) in [5.74, 6) is 4.58. The zero-order valence-electron chi connectivity index (χ0n) is 9.70. The van der Waals surface area contributed by atoms with E-state index in [9.17, 15) is 9.59 Å². The molecule has 0 fully saturated rings. The van der Waals surface area contributed by atoms with Crippen LogP contribution in [0.15, 0.2) is 0 Å². The average Bonchev–Trinajstić information content (AvgIpc) is 2.13. The first-order valence-corrected chi connectivity index (χ1v) is 4.88. The Kier molecular flexibility index (Phi) is 5.88. The van der Waals surface area contributed by atoms with Gasteiger partial charge in [0.15, 0.2) is 0 Å². The van der Waals surface area contributed by atoms with E-state index >= 15 is 0 Å². The maximum absolute atomic E-state index is 11.4. The predicted molar refractivity (Wildman–Crippen MR) is 57.7 cm³/mol. The fourth-order valence-corrected chi connectivity index (χ4v) is 1.05. The molecule has 0 aliphatic rings. The Balaban J connectivity index is 4.06. The Morgan fingerprint density at radius 1 is 1.33 bits per heavy atom. The van der Waals surface area contributed by atoms with E-state index in [0.29, 0.717) is 0 Å². The van der Waals surface area contributed by atoms with Crippen LogP contribution in [0.3, 0.4) is 0 Å². The van der Waals surface area contributed by atoms with Crippen molar-refractivity contribution in [2.24, 2.45) is 5.84 Å². The number of hydrazine groups is 1. The molecular formula is C9H20N4O2. The number of rotatable bonds is 5. The number of nitrogens with two attached hydrogens (primary N) is 1. The van der Waals surface area contributed by atoms with Gasteiger partial charge in [0.2, 0.25) is 5.91 Å². The Labute approximate surface area is 90.2 Å². The zero-order valence-corrected chi connectivity index (χ0v) is 9.70. The van der Waals surface area contributed by atoms with Crippen molar-refractivity contribution in [3.8, 4) is 0 Å². The first-order valence-electron chi connectivity index (χ1n) is 4.88. The maximum Gasteiger partial charge on any atom is 0.250 e. The number of likely N-dealkylation sites (N-methyl/N-ethyl adjacent to an activating group) is 1. The lowest BCUT2D eigenvalue weighted by Gasteiger charge is -2.22. The van der Waals surface area contributed by atoms with Crippen LogP contribution in [0.4, 0.5) is 0 Å². The summed E-state index contributed by atoms with van der Waals surface area (Å²) in [6.45, 7) is 5.62. The standard InChI is InChI=1S/C9H20N4O2/c1-6(2)11-8(14)5-13(4)7(3)9(15)12-10/h6-7H,5,10H2,1-4H3,(H,11,14)(H,12,15). The molecule has 0 saturated carbocycles. The molecule has 0 aromatic heterocycles. The van der Waals surface area contributed by atoms with Crippen molar-refractivity contribution in [2.75, 3.05) is 13.6 Å². The molecule has 0 saturated heterocycles. The third-order valence-corrected chi connectivity index (χ3v) is 2.03. The van der Waals surface area contributed by atoms with Crippen molar-refractivity contribution in [1.29, 1.82) is 0 Å². The molecule has 0 aliphatic heterocycles. The highest BCUT2D eigenvalue weighted by Gasteiger charge is 2.19. The van der Waals surface area contributed by atoms with Gasteiger partial charge in [0.25, 0.3) is 5.91 Å². The molecule has 1 atom stereocenters. The third-order valence-electron chi connectivity index (χ3n) is 2.03. The van der Waals surface area contributed by atoms with Gasteiger partial charge in [0.1, 0.15) is 0 Å². The minimum absolute atomic E-state index is 0.101. The van der Waals surface area contributed by atoms with Gasteiger partial charge in [-0.15, -0.1) is 0 Å². The van der Waals surface area contributed by atoms with E-state index in [-0.39, 0.29) is 24.4 Å². The fourth-order valence-electron chi connectivity index (χ4n) is 1.05. The molecule has 0 spiro atoms. The Bertz CT molecular complexity index is 230. The van der Waals surface area contributed by atoms with Gasteiger partial charge >= 0.3 is 0 Å². The normalized spacial score (nSPS) is 12.7. The molecule has 0 aromatic rings. The highest BCUT2D eigenvalue weighted by Crippen LogP contribution is 1.94. The van der Waals surface area contributed by atoms with Crippen LogP contribution in [-0.4, -0.2) is 42.4 Å². The number of hydrogen-bond donors (Lipinski definition) is 3. The van der Waals surface area contributed by atoms with Crippen LogP contribution >= 0.6 is 0 Å². The summed E-state index contributed by atoms with van der Waals surface area (Å²) in [4.78, 5) is 24.1. The van der Waals surface area contributed by atoms with Crippen LogP contribution in [0.25, 0.3) is 0 Å². The summed E-state index contributed by atoms with van der Waals surface area (Å²) in [5.41, 5.74) is 2.05. The summed E-state index contributed by atoms with van der Waals surface area (Å²) in [6.07, 6.45) is 0. The van der Waals surface area contributed by atoms with Crippen molar-refractivity contribution in [3.05, 3.63) is 0 Å². The number of carbonyl (C=O) groups excluding carboxylic acids is 2. The van der Waals surface area contributed by atoms with Crippen LogP contribution in [0.5, 0.6) is 0 Å².